The number of aliphatic hydroxyl groups excluding tert-OH is 1. The summed E-state index contributed by atoms with van der Waals surface area (Å²) in [5, 5.41) is 17.4. The van der Waals surface area contributed by atoms with Gasteiger partial charge < -0.3 is 24.4 Å². The van der Waals surface area contributed by atoms with Gasteiger partial charge in [-0.3, -0.25) is 19.3 Å². The second-order valence-corrected chi connectivity index (χ2v) is 19.7. The molecular weight excluding hydrogens is 951 g/mol. The Morgan fingerprint density at radius 2 is 1.71 bits per heavy atom. The average Bonchev–Trinajstić information content (AvgIpc) is 3.65. The van der Waals surface area contributed by atoms with Gasteiger partial charge in [0, 0.05) is 50.2 Å². The maximum absolute atomic E-state index is 15.0. The van der Waals surface area contributed by atoms with Gasteiger partial charge in [-0.15, -0.1) is 0 Å². The molecule has 1 atom stereocenters. The molecule has 0 bridgehead atoms. The minimum atomic E-state index is -4.47. The van der Waals surface area contributed by atoms with Crippen LogP contribution in [0.4, 0.5) is 0 Å². The number of sulfonamides is 1. The fourth-order valence-corrected chi connectivity index (χ4v) is 10.0. The van der Waals surface area contributed by atoms with Crippen LogP contribution in [0, 0.1) is 6.92 Å². The first-order chi connectivity index (χ1) is 32.8. The number of ether oxygens (including phenoxy) is 2. The van der Waals surface area contributed by atoms with Crippen LogP contribution in [0.5, 0.6) is 5.75 Å². The lowest BCUT2D eigenvalue weighted by molar-refractivity contribution is 0.0323. The highest BCUT2D eigenvalue weighted by Gasteiger charge is 2.34. The smallest absolute Gasteiger partial charge is 0.276 e. The normalized spacial score (nSPS) is 15.3. The lowest BCUT2D eigenvalue weighted by Crippen LogP contribution is -2.46. The van der Waals surface area contributed by atoms with Crippen LogP contribution in [-0.2, 0) is 34.3 Å². The molecule has 0 unspecified atom stereocenters. The van der Waals surface area contributed by atoms with Gasteiger partial charge in [0.25, 0.3) is 27.7 Å². The van der Waals surface area contributed by atoms with Crippen molar-refractivity contribution in [1.29, 1.82) is 0 Å². The van der Waals surface area contributed by atoms with E-state index in [-0.39, 0.29) is 52.1 Å². The number of morpholine rings is 1. The van der Waals surface area contributed by atoms with Crippen molar-refractivity contribution in [2.24, 2.45) is 0 Å². The zero-order chi connectivity index (χ0) is 48.1. The summed E-state index contributed by atoms with van der Waals surface area (Å²) in [6.45, 7) is 8.01. The molecule has 6 aromatic rings. The van der Waals surface area contributed by atoms with Crippen LogP contribution in [0.1, 0.15) is 73.4 Å². The molecule has 356 valence electrons. The highest BCUT2D eigenvalue weighted by molar-refractivity contribution is 7.90. The van der Waals surface area contributed by atoms with Gasteiger partial charge in [0.05, 0.1) is 62.8 Å². The van der Waals surface area contributed by atoms with Crippen LogP contribution in [0.2, 0.25) is 15.1 Å². The van der Waals surface area contributed by atoms with E-state index in [2.05, 4.69) is 9.62 Å². The lowest BCUT2D eigenvalue weighted by atomic mass is 9.93. The first kappa shape index (κ1) is 48.9. The van der Waals surface area contributed by atoms with E-state index in [1.54, 1.807) is 42.2 Å². The molecule has 0 spiro atoms. The Morgan fingerprint density at radius 1 is 0.926 bits per heavy atom. The molecule has 0 radical (unpaired) electrons. The van der Waals surface area contributed by atoms with Gasteiger partial charge >= 0.3 is 0 Å². The number of unbranched alkanes of at least 4 members (excludes halogenated alkanes) is 1. The third kappa shape index (κ3) is 10.7. The predicted octanol–water partition coefficient (Wildman–Crippen LogP) is 8.13. The number of hydrogen-bond acceptors (Lipinski definition) is 10. The molecule has 1 fully saturated rings. The molecule has 0 saturated carbocycles. The quantitative estimate of drug-likeness (QED) is 0.0969. The third-order valence-corrected chi connectivity index (χ3v) is 14.9. The van der Waals surface area contributed by atoms with Crippen LogP contribution in [-0.4, -0.2) is 114 Å². The van der Waals surface area contributed by atoms with Gasteiger partial charge in [-0.05, 0) is 90.4 Å². The fourth-order valence-electron chi connectivity index (χ4n) is 8.51. The summed E-state index contributed by atoms with van der Waals surface area (Å²) in [4.78, 5) is 48.6. The molecule has 18 heteroatoms. The summed E-state index contributed by atoms with van der Waals surface area (Å²) in [6, 6.07) is 26.2. The molecule has 2 aliphatic heterocycles. The minimum absolute atomic E-state index is 0.0441. The molecular formula is C50H51Cl3N6O8S. The second-order valence-electron chi connectivity index (χ2n) is 16.8. The molecule has 5 aromatic carbocycles. The van der Waals surface area contributed by atoms with Gasteiger partial charge in [-0.2, -0.15) is 5.10 Å². The molecule has 2 aliphatic rings. The number of rotatable bonds is 16. The number of nitrogens with one attached hydrogen (secondary N) is 1. The Balaban J connectivity index is 1.12. The maximum Gasteiger partial charge on any atom is 0.276 e. The molecule has 3 amide bonds. The molecule has 68 heavy (non-hydrogen) atoms. The van der Waals surface area contributed by atoms with Crippen molar-refractivity contribution >= 4 is 73.3 Å². The van der Waals surface area contributed by atoms with Crippen molar-refractivity contribution < 1.29 is 37.4 Å². The first-order valence-corrected chi connectivity index (χ1v) is 25.0. The summed E-state index contributed by atoms with van der Waals surface area (Å²) >= 11 is 19.4. The lowest BCUT2D eigenvalue weighted by Gasteiger charge is -2.36. The van der Waals surface area contributed by atoms with Gasteiger partial charge in [0.1, 0.15) is 12.4 Å². The van der Waals surface area contributed by atoms with Gasteiger partial charge in [-0.25, -0.2) is 17.8 Å². The van der Waals surface area contributed by atoms with Crippen LogP contribution in [0.25, 0.3) is 16.5 Å². The average molecular weight is 1000 g/mol. The SMILES string of the molecule is CCCCN(Cc1ccc(Cl)c(Cl)c1)C(=O)c1nn(-c2ccc(C(=O)NS(=O)(=O)c3ccc4cccc(OCCN5CCOCC5)c4c3)cc2C(=O)N2Cc3ccccc3C[C@H]2CO)c(C)c1Cl. The second kappa shape index (κ2) is 21.4. The van der Waals surface area contributed by atoms with E-state index in [4.69, 9.17) is 49.4 Å². The largest absolute Gasteiger partial charge is 0.492 e. The molecule has 2 N–H and O–H groups in total. The molecule has 3 heterocycles. The predicted molar refractivity (Wildman–Crippen MR) is 262 cm³/mol. The number of nitrogens with zero attached hydrogens (tertiary/aromatic N) is 5. The Kier molecular flexibility index (Phi) is 15.4. The van der Waals surface area contributed by atoms with E-state index in [0.717, 1.165) is 41.6 Å². The number of aliphatic hydroxyl groups is 1. The van der Waals surface area contributed by atoms with Crippen molar-refractivity contribution in [1.82, 2.24) is 29.2 Å². The highest BCUT2D eigenvalue weighted by atomic mass is 35.5. The number of halogens is 3. The van der Waals surface area contributed by atoms with Crippen molar-refractivity contribution in [3.05, 3.63) is 151 Å². The fraction of sp³-hybridized carbons (Fsp3) is 0.320. The Morgan fingerprint density at radius 3 is 2.46 bits per heavy atom. The number of hydrogen-bond donors (Lipinski definition) is 2. The van der Waals surface area contributed by atoms with Gasteiger partial charge in [-0.1, -0.05) is 96.7 Å². The van der Waals surface area contributed by atoms with Gasteiger partial charge in [0.15, 0.2) is 5.69 Å². The topological polar surface area (TPSA) is 164 Å². The monoisotopic (exact) mass is 1000 g/mol. The Bertz CT molecular complexity index is 2980. The number of amides is 3. The van der Waals surface area contributed by atoms with E-state index in [1.165, 1.54) is 39.9 Å². The van der Waals surface area contributed by atoms with Crippen molar-refractivity contribution in [3.63, 3.8) is 0 Å². The Labute approximate surface area is 410 Å². The molecule has 14 nitrogen and oxygen atoms in total. The minimum Gasteiger partial charge on any atom is -0.492 e. The van der Waals surface area contributed by atoms with E-state index < -0.39 is 33.8 Å². The van der Waals surface area contributed by atoms with Crippen LogP contribution < -0.4 is 9.46 Å². The number of carbonyl (C=O) groups is 3. The molecule has 8 rings (SSSR count). The van der Waals surface area contributed by atoms with Gasteiger partial charge in [0.2, 0.25) is 0 Å². The maximum atomic E-state index is 15.0. The molecule has 1 aromatic heterocycles. The van der Waals surface area contributed by atoms with Crippen molar-refractivity contribution in [2.45, 2.75) is 57.1 Å². The number of carbonyl (C=O) groups excluding carboxylic acids is 3. The summed E-state index contributed by atoms with van der Waals surface area (Å²) < 4.78 is 43.1. The van der Waals surface area contributed by atoms with E-state index in [0.29, 0.717) is 72.6 Å². The molecule has 0 aliphatic carbocycles. The summed E-state index contributed by atoms with van der Waals surface area (Å²) in [5.74, 6) is -1.52. The van der Waals surface area contributed by atoms with Crippen LogP contribution >= 0.6 is 34.8 Å². The van der Waals surface area contributed by atoms with E-state index >= 15 is 0 Å². The number of fused-ring (bicyclic) bond motifs is 2. The van der Waals surface area contributed by atoms with E-state index in [1.807, 2.05) is 43.3 Å². The number of aromatic nitrogens is 2. The number of benzene rings is 5. The zero-order valence-corrected chi connectivity index (χ0v) is 40.7. The highest BCUT2D eigenvalue weighted by Crippen LogP contribution is 2.32. The van der Waals surface area contributed by atoms with E-state index in [9.17, 15) is 27.9 Å². The van der Waals surface area contributed by atoms with Crippen LogP contribution in [0.15, 0.2) is 102 Å². The molecule has 1 saturated heterocycles. The van der Waals surface area contributed by atoms with Crippen molar-refractivity contribution in [3.8, 4) is 11.4 Å². The van der Waals surface area contributed by atoms with Crippen LogP contribution in [0.3, 0.4) is 0 Å². The van der Waals surface area contributed by atoms with Crippen molar-refractivity contribution in [2.75, 3.05) is 52.6 Å². The standard InChI is InChI=1S/C50H51Cl3N6O8S/c1-3-4-18-57(29-33-12-16-42(51)43(52)25-33)50(63)47-46(53)32(2)59(54-47)44-17-14-36(27-41(44)49(62)58-30-37-9-6-5-8-35(37)26-38(58)31-60)48(61)55-68(64,65)39-15-13-34-10-7-11-45(40(34)28-39)67-24-21-56-19-22-66-23-20-56/h5-17,25,27-28,38,60H,3-4,18-24,26,29-31H2,1-2H3,(H,55,61)/t38-/m0/s1. The first-order valence-electron chi connectivity index (χ1n) is 22.4. The Hall–Kier alpha value is -5.52. The summed E-state index contributed by atoms with van der Waals surface area (Å²) in [7, 11) is -4.47. The zero-order valence-electron chi connectivity index (χ0n) is 37.6. The summed E-state index contributed by atoms with van der Waals surface area (Å²) in [5.41, 5.74) is 2.86. The summed E-state index contributed by atoms with van der Waals surface area (Å²) in [6.07, 6.45) is 1.87. The third-order valence-electron chi connectivity index (χ3n) is 12.3.